The van der Waals surface area contributed by atoms with E-state index >= 15 is 0 Å². The van der Waals surface area contributed by atoms with E-state index < -0.39 is 17.8 Å². The molecular formula is C19H19FN3O4+. The van der Waals surface area contributed by atoms with Gasteiger partial charge in [0.1, 0.15) is 5.82 Å². The minimum absolute atomic E-state index is 0.000957. The topological polar surface area (TPSA) is 75.3 Å². The summed E-state index contributed by atoms with van der Waals surface area (Å²) in [5.41, 5.74) is 0.000957. The van der Waals surface area contributed by atoms with E-state index in [2.05, 4.69) is 0 Å². The molecule has 0 saturated carbocycles. The Kier molecular flexibility index (Phi) is 4.49. The van der Waals surface area contributed by atoms with Gasteiger partial charge in [0.2, 0.25) is 5.91 Å². The minimum atomic E-state index is -0.594. The van der Waals surface area contributed by atoms with Gasteiger partial charge in [-0.15, -0.1) is 0 Å². The molecule has 1 aromatic heterocycles. The maximum absolute atomic E-state index is 14.0. The summed E-state index contributed by atoms with van der Waals surface area (Å²) in [6.07, 6.45) is 1.50. The maximum atomic E-state index is 14.0. The maximum Gasteiger partial charge on any atom is 0.292 e. The van der Waals surface area contributed by atoms with Gasteiger partial charge < -0.3 is 14.2 Å². The molecule has 2 aromatic rings. The highest BCUT2D eigenvalue weighted by Crippen LogP contribution is 2.24. The molecule has 140 valence electrons. The van der Waals surface area contributed by atoms with Crippen LogP contribution in [-0.2, 0) is 9.59 Å². The average Bonchev–Trinajstić information content (AvgIpc) is 3.31. The fourth-order valence-corrected chi connectivity index (χ4v) is 3.74. The molecule has 1 N–H and O–H groups in total. The molecule has 0 unspecified atom stereocenters. The Labute approximate surface area is 154 Å². The van der Waals surface area contributed by atoms with E-state index in [1.54, 1.807) is 23.1 Å². The van der Waals surface area contributed by atoms with Crippen LogP contribution in [0.4, 0.5) is 10.1 Å². The molecule has 2 saturated heterocycles. The van der Waals surface area contributed by atoms with Crippen LogP contribution in [0.2, 0.25) is 0 Å². The molecule has 0 bridgehead atoms. The van der Waals surface area contributed by atoms with Gasteiger partial charge in [-0.3, -0.25) is 14.4 Å². The molecule has 4 rings (SSSR count). The van der Waals surface area contributed by atoms with E-state index in [0.717, 1.165) is 9.80 Å². The normalized spacial score (nSPS) is 21.1. The van der Waals surface area contributed by atoms with Crippen molar-refractivity contribution in [1.29, 1.82) is 0 Å². The number of hydrogen-bond acceptors (Lipinski definition) is 4. The van der Waals surface area contributed by atoms with E-state index in [-0.39, 0.29) is 29.7 Å². The fourth-order valence-electron chi connectivity index (χ4n) is 3.74. The van der Waals surface area contributed by atoms with Crippen LogP contribution in [0.25, 0.3) is 0 Å². The molecule has 2 fully saturated rings. The second kappa shape index (κ2) is 6.96. The molecule has 2 aliphatic rings. The van der Waals surface area contributed by atoms with Gasteiger partial charge >= 0.3 is 0 Å². The van der Waals surface area contributed by atoms with Crippen molar-refractivity contribution >= 4 is 23.4 Å². The van der Waals surface area contributed by atoms with Gasteiger partial charge in [-0.05, 0) is 24.3 Å². The highest BCUT2D eigenvalue weighted by molar-refractivity contribution is 6.21. The van der Waals surface area contributed by atoms with Crippen molar-refractivity contribution in [2.24, 2.45) is 0 Å². The Morgan fingerprint density at radius 3 is 2.52 bits per heavy atom. The summed E-state index contributed by atoms with van der Waals surface area (Å²) in [7, 11) is 0. The summed E-state index contributed by atoms with van der Waals surface area (Å²) >= 11 is 0. The molecule has 27 heavy (non-hydrogen) atoms. The number of anilines is 1. The molecule has 1 atom stereocenters. The molecule has 7 nitrogen and oxygen atoms in total. The van der Waals surface area contributed by atoms with Gasteiger partial charge in [0, 0.05) is 0 Å². The van der Waals surface area contributed by atoms with Crippen LogP contribution < -0.4 is 9.80 Å². The predicted molar refractivity (Wildman–Crippen MR) is 92.6 cm³/mol. The summed E-state index contributed by atoms with van der Waals surface area (Å²) in [6.45, 7) is 2.02. The van der Waals surface area contributed by atoms with E-state index in [0.29, 0.717) is 26.2 Å². The monoisotopic (exact) mass is 372 g/mol. The lowest BCUT2D eigenvalue weighted by molar-refractivity contribution is -0.918. The number of piperazine rings is 1. The third-order valence-electron chi connectivity index (χ3n) is 5.16. The SMILES string of the molecule is O=C(c1ccco1)N1CC[NH+]([C@@H]2CC(=O)N(c3ccccc3F)C2=O)CC1. The zero-order chi connectivity index (χ0) is 19.0. The largest absolute Gasteiger partial charge is 0.459 e. The van der Waals surface area contributed by atoms with Crippen LogP contribution in [0.1, 0.15) is 17.0 Å². The second-order valence-corrected chi connectivity index (χ2v) is 6.70. The number of benzene rings is 1. The van der Waals surface area contributed by atoms with Crippen molar-refractivity contribution in [2.75, 3.05) is 31.1 Å². The quantitative estimate of drug-likeness (QED) is 0.775. The Balaban J connectivity index is 1.43. The van der Waals surface area contributed by atoms with E-state index in [4.69, 9.17) is 4.42 Å². The Bertz CT molecular complexity index is 875. The lowest BCUT2D eigenvalue weighted by Crippen LogP contribution is -3.19. The summed E-state index contributed by atoms with van der Waals surface area (Å²) < 4.78 is 19.2. The highest BCUT2D eigenvalue weighted by Gasteiger charge is 2.47. The number of rotatable bonds is 3. The number of hydrogen-bond donors (Lipinski definition) is 1. The lowest BCUT2D eigenvalue weighted by Gasteiger charge is -2.34. The van der Waals surface area contributed by atoms with Gasteiger partial charge in [0.25, 0.3) is 11.8 Å². The third-order valence-corrected chi connectivity index (χ3v) is 5.16. The number of nitrogens with one attached hydrogen (secondary N) is 1. The summed E-state index contributed by atoms with van der Waals surface area (Å²) in [4.78, 5) is 41.1. The van der Waals surface area contributed by atoms with Gasteiger partial charge in [0.05, 0.1) is 44.6 Å². The van der Waals surface area contributed by atoms with Gasteiger partial charge in [-0.25, -0.2) is 9.29 Å². The number of amides is 3. The summed E-state index contributed by atoms with van der Waals surface area (Å²) in [6, 6.07) is 8.51. The first-order valence-corrected chi connectivity index (χ1v) is 8.85. The van der Waals surface area contributed by atoms with Crippen molar-refractivity contribution in [3.05, 3.63) is 54.2 Å². The standard InChI is InChI=1S/C19H18FN3O4/c20-13-4-1-2-5-14(13)23-17(24)12-15(18(23)25)21-7-9-22(10-8-21)19(26)16-6-3-11-27-16/h1-6,11,15H,7-10,12H2/p+1/t15-/m1/s1. The molecule has 3 heterocycles. The van der Waals surface area contributed by atoms with Crippen LogP contribution in [-0.4, -0.2) is 54.8 Å². The van der Waals surface area contributed by atoms with Gasteiger partial charge in [-0.1, -0.05) is 12.1 Å². The molecule has 2 aliphatic heterocycles. The lowest BCUT2D eigenvalue weighted by atomic mass is 10.1. The van der Waals surface area contributed by atoms with Crippen molar-refractivity contribution in [3.8, 4) is 0 Å². The van der Waals surface area contributed by atoms with Crippen LogP contribution in [0.3, 0.4) is 0 Å². The van der Waals surface area contributed by atoms with Gasteiger partial charge in [-0.2, -0.15) is 0 Å². The van der Waals surface area contributed by atoms with E-state index in [1.807, 2.05) is 0 Å². The van der Waals surface area contributed by atoms with Crippen molar-refractivity contribution < 1.29 is 28.1 Å². The first-order valence-electron chi connectivity index (χ1n) is 8.85. The Hall–Kier alpha value is -3.00. The third kappa shape index (κ3) is 3.12. The molecule has 1 aromatic carbocycles. The number of halogens is 1. The van der Waals surface area contributed by atoms with Crippen LogP contribution in [0, 0.1) is 5.82 Å². The number of imide groups is 1. The zero-order valence-electron chi connectivity index (χ0n) is 14.6. The first kappa shape index (κ1) is 17.4. The average molecular weight is 372 g/mol. The number of carbonyl (C=O) groups is 3. The minimum Gasteiger partial charge on any atom is -0.459 e. The summed E-state index contributed by atoms with van der Waals surface area (Å²) in [5.74, 6) is -1.26. The molecule has 0 aliphatic carbocycles. The van der Waals surface area contributed by atoms with Crippen LogP contribution in [0.5, 0.6) is 0 Å². The molecule has 0 radical (unpaired) electrons. The molecule has 0 spiro atoms. The number of quaternary nitrogens is 1. The second-order valence-electron chi connectivity index (χ2n) is 6.70. The number of para-hydroxylation sites is 1. The smallest absolute Gasteiger partial charge is 0.292 e. The van der Waals surface area contributed by atoms with Crippen LogP contribution in [0.15, 0.2) is 47.1 Å². The van der Waals surface area contributed by atoms with Crippen molar-refractivity contribution in [2.45, 2.75) is 12.5 Å². The van der Waals surface area contributed by atoms with Crippen molar-refractivity contribution in [3.63, 3.8) is 0 Å². The highest BCUT2D eigenvalue weighted by atomic mass is 19.1. The number of nitrogens with zero attached hydrogens (tertiary/aromatic N) is 2. The number of furan rings is 1. The zero-order valence-corrected chi connectivity index (χ0v) is 14.6. The number of carbonyl (C=O) groups excluding carboxylic acids is 3. The van der Waals surface area contributed by atoms with Crippen molar-refractivity contribution in [1.82, 2.24) is 4.90 Å². The van der Waals surface area contributed by atoms with E-state index in [1.165, 1.54) is 24.5 Å². The molecule has 8 heteroatoms. The predicted octanol–water partition coefficient (Wildman–Crippen LogP) is 0.0915. The Morgan fingerprint density at radius 2 is 1.85 bits per heavy atom. The van der Waals surface area contributed by atoms with Crippen LogP contribution >= 0.6 is 0 Å². The fraction of sp³-hybridized carbons (Fsp3) is 0.316. The summed E-state index contributed by atoms with van der Waals surface area (Å²) in [5, 5.41) is 0. The Morgan fingerprint density at radius 1 is 1.11 bits per heavy atom. The molecular weight excluding hydrogens is 353 g/mol. The van der Waals surface area contributed by atoms with Gasteiger partial charge in [0.15, 0.2) is 11.8 Å². The molecule has 3 amide bonds. The van der Waals surface area contributed by atoms with E-state index in [9.17, 15) is 18.8 Å². The first-order chi connectivity index (χ1) is 13.1.